The SMILES string of the molecule is NCC1CCN(C(=O)c2n[nH]c3ccc(Br)cc23)C1. The molecule has 2 aromatic rings. The molecule has 1 atom stereocenters. The average Bonchev–Trinajstić information content (AvgIpc) is 3.04. The molecule has 2 heterocycles. The van der Waals surface area contributed by atoms with Crippen LogP contribution in [0.15, 0.2) is 22.7 Å². The number of benzene rings is 1. The van der Waals surface area contributed by atoms with Gasteiger partial charge < -0.3 is 10.6 Å². The number of hydrogen-bond donors (Lipinski definition) is 2. The van der Waals surface area contributed by atoms with Gasteiger partial charge in [-0.15, -0.1) is 0 Å². The molecule has 0 spiro atoms. The summed E-state index contributed by atoms with van der Waals surface area (Å²) < 4.78 is 0.941. The van der Waals surface area contributed by atoms with E-state index in [9.17, 15) is 4.79 Å². The Morgan fingerprint density at radius 3 is 3.16 bits per heavy atom. The van der Waals surface area contributed by atoms with Gasteiger partial charge in [-0.1, -0.05) is 15.9 Å². The molecule has 1 aliphatic heterocycles. The van der Waals surface area contributed by atoms with Gasteiger partial charge >= 0.3 is 0 Å². The van der Waals surface area contributed by atoms with Gasteiger partial charge in [-0.3, -0.25) is 9.89 Å². The summed E-state index contributed by atoms with van der Waals surface area (Å²) in [4.78, 5) is 14.3. The molecule has 1 aromatic heterocycles. The van der Waals surface area contributed by atoms with Gasteiger partial charge in [0.1, 0.15) is 0 Å². The summed E-state index contributed by atoms with van der Waals surface area (Å²) in [6.07, 6.45) is 0.980. The molecule has 1 amide bonds. The molecule has 3 rings (SSSR count). The standard InChI is InChI=1S/C13H15BrN4O/c14-9-1-2-11-10(5-9)12(17-16-11)13(19)18-4-3-8(6-15)7-18/h1-2,5,8H,3-4,6-7,15H2,(H,16,17). The largest absolute Gasteiger partial charge is 0.337 e. The van der Waals surface area contributed by atoms with E-state index in [1.165, 1.54) is 0 Å². The molecule has 0 radical (unpaired) electrons. The van der Waals surface area contributed by atoms with E-state index in [4.69, 9.17) is 5.73 Å². The molecule has 1 aromatic carbocycles. The first-order valence-electron chi connectivity index (χ1n) is 6.32. The minimum absolute atomic E-state index is 0.0136. The number of halogens is 1. The van der Waals surface area contributed by atoms with Gasteiger partial charge in [-0.2, -0.15) is 5.10 Å². The highest BCUT2D eigenvalue weighted by Gasteiger charge is 2.28. The van der Waals surface area contributed by atoms with E-state index in [-0.39, 0.29) is 5.91 Å². The number of hydrogen-bond acceptors (Lipinski definition) is 3. The first-order chi connectivity index (χ1) is 9.19. The van der Waals surface area contributed by atoms with Gasteiger partial charge in [0.25, 0.3) is 5.91 Å². The van der Waals surface area contributed by atoms with Gasteiger partial charge in [0, 0.05) is 22.9 Å². The summed E-state index contributed by atoms with van der Waals surface area (Å²) in [5, 5.41) is 7.92. The van der Waals surface area contributed by atoms with Crippen LogP contribution >= 0.6 is 15.9 Å². The fourth-order valence-corrected chi connectivity index (χ4v) is 2.87. The number of rotatable bonds is 2. The maximum Gasteiger partial charge on any atom is 0.275 e. The Labute approximate surface area is 119 Å². The van der Waals surface area contributed by atoms with E-state index >= 15 is 0 Å². The zero-order valence-corrected chi connectivity index (χ0v) is 12.0. The number of H-pyrrole nitrogens is 1. The molecule has 3 N–H and O–H groups in total. The van der Waals surface area contributed by atoms with E-state index in [2.05, 4.69) is 26.1 Å². The number of aromatic nitrogens is 2. The predicted octanol–water partition coefficient (Wildman–Crippen LogP) is 1.75. The van der Waals surface area contributed by atoms with Crippen LogP contribution in [-0.4, -0.2) is 40.6 Å². The maximum absolute atomic E-state index is 12.5. The first-order valence-corrected chi connectivity index (χ1v) is 7.11. The third-order valence-corrected chi connectivity index (χ3v) is 4.13. The second-order valence-corrected chi connectivity index (χ2v) is 5.82. The molecule has 100 valence electrons. The number of aromatic amines is 1. The first kappa shape index (κ1) is 12.6. The number of carbonyl (C=O) groups is 1. The number of nitrogens with one attached hydrogen (secondary N) is 1. The smallest absolute Gasteiger partial charge is 0.275 e. The van der Waals surface area contributed by atoms with Crippen LogP contribution in [0.3, 0.4) is 0 Å². The zero-order valence-electron chi connectivity index (χ0n) is 10.4. The monoisotopic (exact) mass is 322 g/mol. The minimum atomic E-state index is -0.0136. The van der Waals surface area contributed by atoms with E-state index in [1.54, 1.807) is 0 Å². The van der Waals surface area contributed by atoms with Gasteiger partial charge in [0.15, 0.2) is 5.69 Å². The fraction of sp³-hybridized carbons (Fsp3) is 0.385. The van der Waals surface area contributed by atoms with Crippen molar-refractivity contribution in [1.29, 1.82) is 0 Å². The fourth-order valence-electron chi connectivity index (χ4n) is 2.51. The van der Waals surface area contributed by atoms with Crippen LogP contribution in [0.5, 0.6) is 0 Å². The van der Waals surface area contributed by atoms with Crippen molar-refractivity contribution in [1.82, 2.24) is 15.1 Å². The number of nitrogens with two attached hydrogens (primary N) is 1. The number of carbonyl (C=O) groups excluding carboxylic acids is 1. The summed E-state index contributed by atoms with van der Waals surface area (Å²) in [7, 11) is 0. The molecule has 1 fully saturated rings. The Morgan fingerprint density at radius 1 is 1.58 bits per heavy atom. The van der Waals surface area contributed by atoms with Crippen molar-refractivity contribution in [3.63, 3.8) is 0 Å². The number of amides is 1. The second-order valence-electron chi connectivity index (χ2n) is 4.90. The van der Waals surface area contributed by atoms with E-state index in [0.29, 0.717) is 18.2 Å². The lowest BCUT2D eigenvalue weighted by Crippen LogP contribution is -2.30. The van der Waals surface area contributed by atoms with Crippen LogP contribution in [0.4, 0.5) is 0 Å². The maximum atomic E-state index is 12.5. The Kier molecular flexibility index (Phi) is 3.28. The van der Waals surface area contributed by atoms with E-state index in [1.807, 2.05) is 23.1 Å². The van der Waals surface area contributed by atoms with E-state index in [0.717, 1.165) is 34.9 Å². The Morgan fingerprint density at radius 2 is 2.42 bits per heavy atom. The molecule has 0 bridgehead atoms. The van der Waals surface area contributed by atoms with Crippen LogP contribution < -0.4 is 5.73 Å². The van der Waals surface area contributed by atoms with Crippen LogP contribution in [-0.2, 0) is 0 Å². The average molecular weight is 323 g/mol. The molecule has 5 nitrogen and oxygen atoms in total. The molecular weight excluding hydrogens is 308 g/mol. The summed E-state index contributed by atoms with van der Waals surface area (Å²) in [5.74, 6) is 0.404. The molecule has 0 saturated carbocycles. The van der Waals surface area contributed by atoms with Gasteiger partial charge in [-0.05, 0) is 37.1 Å². The molecule has 19 heavy (non-hydrogen) atoms. The highest BCUT2D eigenvalue weighted by atomic mass is 79.9. The molecular formula is C13H15BrN4O. The minimum Gasteiger partial charge on any atom is -0.337 e. The lowest BCUT2D eigenvalue weighted by Gasteiger charge is -2.14. The summed E-state index contributed by atoms with van der Waals surface area (Å²) >= 11 is 3.42. The van der Waals surface area contributed by atoms with Gasteiger partial charge in [0.2, 0.25) is 0 Å². The van der Waals surface area contributed by atoms with Crippen molar-refractivity contribution in [2.24, 2.45) is 11.7 Å². The van der Waals surface area contributed by atoms with Crippen molar-refractivity contribution in [3.8, 4) is 0 Å². The van der Waals surface area contributed by atoms with Crippen LogP contribution in [0, 0.1) is 5.92 Å². The highest BCUT2D eigenvalue weighted by Crippen LogP contribution is 2.24. The topological polar surface area (TPSA) is 75.0 Å². The van der Waals surface area contributed by atoms with Crippen LogP contribution in [0.2, 0.25) is 0 Å². The summed E-state index contributed by atoms with van der Waals surface area (Å²) in [5.41, 5.74) is 7.03. The highest BCUT2D eigenvalue weighted by molar-refractivity contribution is 9.10. The summed E-state index contributed by atoms with van der Waals surface area (Å²) in [6.45, 7) is 2.14. The third kappa shape index (κ3) is 2.26. The quantitative estimate of drug-likeness (QED) is 0.884. The molecule has 0 aliphatic carbocycles. The van der Waals surface area contributed by atoms with E-state index < -0.39 is 0 Å². The Hall–Kier alpha value is -1.40. The summed E-state index contributed by atoms with van der Waals surface area (Å²) in [6, 6.07) is 5.76. The number of likely N-dealkylation sites (tertiary alicyclic amines) is 1. The molecule has 1 saturated heterocycles. The molecule has 1 unspecified atom stereocenters. The van der Waals surface area contributed by atoms with Crippen molar-refractivity contribution >= 4 is 32.7 Å². The Balaban J connectivity index is 1.92. The van der Waals surface area contributed by atoms with Crippen molar-refractivity contribution < 1.29 is 4.79 Å². The van der Waals surface area contributed by atoms with Crippen molar-refractivity contribution in [2.75, 3.05) is 19.6 Å². The number of fused-ring (bicyclic) bond motifs is 1. The van der Waals surface area contributed by atoms with Crippen LogP contribution in [0.1, 0.15) is 16.9 Å². The third-order valence-electron chi connectivity index (χ3n) is 3.63. The van der Waals surface area contributed by atoms with Gasteiger partial charge in [0.05, 0.1) is 5.52 Å². The predicted molar refractivity (Wildman–Crippen MR) is 76.9 cm³/mol. The van der Waals surface area contributed by atoms with Gasteiger partial charge in [-0.25, -0.2) is 0 Å². The lowest BCUT2D eigenvalue weighted by atomic mass is 10.1. The number of nitrogens with zero attached hydrogens (tertiary/aromatic N) is 2. The van der Waals surface area contributed by atoms with Crippen LogP contribution in [0.25, 0.3) is 10.9 Å². The molecule has 1 aliphatic rings. The van der Waals surface area contributed by atoms with Crippen molar-refractivity contribution in [2.45, 2.75) is 6.42 Å². The zero-order chi connectivity index (χ0) is 13.4. The molecule has 6 heteroatoms. The van der Waals surface area contributed by atoms with Crippen molar-refractivity contribution in [3.05, 3.63) is 28.4 Å². The normalized spacial score (nSPS) is 19.3. The second kappa shape index (κ2) is 4.94. The lowest BCUT2D eigenvalue weighted by molar-refractivity contribution is 0.0783. The Bertz CT molecular complexity index is 624.